The average molecular weight is 278 g/mol. The van der Waals surface area contributed by atoms with Gasteiger partial charge in [0.25, 0.3) is 0 Å². The van der Waals surface area contributed by atoms with Gasteiger partial charge in [-0.05, 0) is 18.9 Å². The number of hydrogen-bond acceptors (Lipinski definition) is 4. The van der Waals surface area contributed by atoms with Gasteiger partial charge in [0.2, 0.25) is 5.91 Å². The first-order valence-electron chi connectivity index (χ1n) is 7.14. The van der Waals surface area contributed by atoms with E-state index in [4.69, 9.17) is 0 Å². The van der Waals surface area contributed by atoms with Crippen molar-refractivity contribution in [3.05, 3.63) is 18.6 Å². The molecule has 0 spiro atoms. The zero-order valence-electron chi connectivity index (χ0n) is 11.4. The molecule has 1 aromatic rings. The van der Waals surface area contributed by atoms with Crippen LogP contribution in [0.4, 0.5) is 10.2 Å². The average Bonchev–Trinajstić information content (AvgIpc) is 2.89. The maximum absolute atomic E-state index is 12.7. The van der Waals surface area contributed by atoms with Gasteiger partial charge in [0.15, 0.2) is 0 Å². The van der Waals surface area contributed by atoms with E-state index in [0.29, 0.717) is 13.0 Å². The Labute approximate surface area is 117 Å². The van der Waals surface area contributed by atoms with Crippen molar-refractivity contribution in [2.75, 3.05) is 31.2 Å². The van der Waals surface area contributed by atoms with E-state index in [0.717, 1.165) is 31.7 Å². The van der Waals surface area contributed by atoms with Crippen molar-refractivity contribution in [2.45, 2.75) is 25.3 Å². The number of rotatable bonds is 3. The number of carbonyl (C=O) groups excluding carboxylic acids is 1. The van der Waals surface area contributed by atoms with Gasteiger partial charge in [-0.25, -0.2) is 9.97 Å². The van der Waals surface area contributed by atoms with Crippen LogP contribution in [0.1, 0.15) is 19.3 Å². The van der Waals surface area contributed by atoms with E-state index in [2.05, 4.69) is 14.9 Å². The fraction of sp³-hybridized carbons (Fsp3) is 0.643. The predicted octanol–water partition coefficient (Wildman–Crippen LogP) is 1.26. The number of amides is 1. The third-order valence-corrected chi connectivity index (χ3v) is 4.25. The third-order valence-electron chi connectivity index (χ3n) is 4.25. The molecule has 0 N–H and O–H groups in total. The molecule has 0 aliphatic carbocycles. The van der Waals surface area contributed by atoms with Gasteiger partial charge >= 0.3 is 0 Å². The number of nitrogens with zero attached hydrogens (tertiary/aromatic N) is 4. The van der Waals surface area contributed by atoms with Crippen LogP contribution in [-0.4, -0.2) is 53.1 Å². The number of halogens is 1. The van der Waals surface area contributed by atoms with Crippen LogP contribution >= 0.6 is 0 Å². The van der Waals surface area contributed by atoms with Gasteiger partial charge in [-0.15, -0.1) is 0 Å². The molecule has 1 unspecified atom stereocenters. The second-order valence-corrected chi connectivity index (χ2v) is 5.56. The summed E-state index contributed by atoms with van der Waals surface area (Å²) in [6.07, 6.45) is 5.52. The van der Waals surface area contributed by atoms with E-state index in [1.165, 1.54) is 0 Å². The second kappa shape index (κ2) is 5.73. The summed E-state index contributed by atoms with van der Waals surface area (Å²) < 4.78 is 12.7. The van der Waals surface area contributed by atoms with Gasteiger partial charge in [-0.3, -0.25) is 9.18 Å². The van der Waals surface area contributed by atoms with Crippen molar-refractivity contribution in [1.29, 1.82) is 0 Å². The zero-order valence-corrected chi connectivity index (χ0v) is 11.4. The maximum Gasteiger partial charge on any atom is 0.223 e. The van der Waals surface area contributed by atoms with E-state index in [1.54, 1.807) is 12.5 Å². The Bertz CT molecular complexity index is 462. The Balaban J connectivity index is 1.58. The molecule has 2 fully saturated rings. The minimum absolute atomic E-state index is 0.0950. The van der Waals surface area contributed by atoms with E-state index in [-0.39, 0.29) is 24.5 Å². The molecular formula is C14H19FN4O. The van der Waals surface area contributed by atoms with E-state index in [1.807, 2.05) is 11.0 Å². The molecule has 1 aromatic heterocycles. The van der Waals surface area contributed by atoms with Crippen LogP contribution in [0.25, 0.3) is 0 Å². The van der Waals surface area contributed by atoms with Crippen LogP contribution in [0.15, 0.2) is 18.6 Å². The molecule has 0 saturated carbocycles. The molecule has 1 amide bonds. The number of piperidine rings is 1. The molecule has 2 aliphatic rings. The molecular weight excluding hydrogens is 259 g/mol. The molecule has 0 aromatic carbocycles. The van der Waals surface area contributed by atoms with Crippen molar-refractivity contribution in [1.82, 2.24) is 14.9 Å². The summed E-state index contributed by atoms with van der Waals surface area (Å²) in [7, 11) is 0. The Morgan fingerprint density at radius 1 is 1.35 bits per heavy atom. The minimum atomic E-state index is -0.387. The highest BCUT2D eigenvalue weighted by Crippen LogP contribution is 2.26. The first kappa shape index (κ1) is 13.3. The molecule has 1 atom stereocenters. The molecule has 20 heavy (non-hydrogen) atoms. The SMILES string of the molecule is O=C1CC(CF)CN1C1CCN(c2ccncn2)CC1. The van der Waals surface area contributed by atoms with Crippen LogP contribution in [0.2, 0.25) is 0 Å². The second-order valence-electron chi connectivity index (χ2n) is 5.56. The monoisotopic (exact) mass is 278 g/mol. The summed E-state index contributed by atoms with van der Waals surface area (Å²) >= 11 is 0. The lowest BCUT2D eigenvalue weighted by Crippen LogP contribution is -2.45. The summed E-state index contributed by atoms with van der Waals surface area (Å²) in [6.45, 7) is 1.97. The summed E-state index contributed by atoms with van der Waals surface area (Å²) in [5.74, 6) is 0.961. The standard InChI is InChI=1S/C14H19FN4O/c15-8-11-7-14(20)19(9-11)12-2-5-18(6-3-12)13-1-4-16-10-17-13/h1,4,10-12H,2-3,5-9H2. The van der Waals surface area contributed by atoms with Crippen LogP contribution in [-0.2, 0) is 4.79 Å². The zero-order chi connectivity index (χ0) is 13.9. The first-order chi connectivity index (χ1) is 9.78. The Hall–Kier alpha value is -1.72. The van der Waals surface area contributed by atoms with Crippen molar-refractivity contribution in [3.63, 3.8) is 0 Å². The molecule has 108 valence electrons. The van der Waals surface area contributed by atoms with Gasteiger partial charge in [0.1, 0.15) is 12.1 Å². The van der Waals surface area contributed by atoms with Gasteiger partial charge in [-0.2, -0.15) is 0 Å². The molecule has 0 radical (unpaired) electrons. The fourth-order valence-electron chi connectivity index (χ4n) is 3.14. The normalized spacial score (nSPS) is 24.4. The maximum atomic E-state index is 12.7. The number of alkyl halides is 1. The van der Waals surface area contributed by atoms with Crippen molar-refractivity contribution >= 4 is 11.7 Å². The lowest BCUT2D eigenvalue weighted by atomic mass is 10.0. The van der Waals surface area contributed by atoms with Gasteiger partial charge in [-0.1, -0.05) is 0 Å². The molecule has 2 aliphatic heterocycles. The van der Waals surface area contributed by atoms with E-state index in [9.17, 15) is 9.18 Å². The number of anilines is 1. The summed E-state index contributed by atoms with van der Waals surface area (Å²) in [5.41, 5.74) is 0. The lowest BCUT2D eigenvalue weighted by Gasteiger charge is -2.37. The fourth-order valence-corrected chi connectivity index (χ4v) is 3.14. The first-order valence-corrected chi connectivity index (χ1v) is 7.14. The number of hydrogen-bond donors (Lipinski definition) is 0. The number of likely N-dealkylation sites (tertiary alicyclic amines) is 1. The van der Waals surface area contributed by atoms with Crippen LogP contribution in [0.5, 0.6) is 0 Å². The Morgan fingerprint density at radius 2 is 2.15 bits per heavy atom. The van der Waals surface area contributed by atoms with Gasteiger partial charge in [0, 0.05) is 44.2 Å². The third kappa shape index (κ3) is 2.59. The smallest absolute Gasteiger partial charge is 0.223 e. The summed E-state index contributed by atoms with van der Waals surface area (Å²) in [6, 6.07) is 2.16. The summed E-state index contributed by atoms with van der Waals surface area (Å²) in [5, 5.41) is 0. The number of aromatic nitrogens is 2. The Kier molecular flexibility index (Phi) is 3.80. The molecule has 0 bridgehead atoms. The molecule has 5 nitrogen and oxygen atoms in total. The van der Waals surface area contributed by atoms with Gasteiger partial charge < -0.3 is 9.80 Å². The van der Waals surface area contributed by atoms with Crippen LogP contribution in [0.3, 0.4) is 0 Å². The quantitative estimate of drug-likeness (QED) is 0.835. The molecule has 6 heteroatoms. The molecule has 3 heterocycles. The van der Waals surface area contributed by atoms with E-state index >= 15 is 0 Å². The minimum Gasteiger partial charge on any atom is -0.356 e. The summed E-state index contributed by atoms with van der Waals surface area (Å²) in [4.78, 5) is 24.2. The number of carbonyl (C=O) groups is 1. The predicted molar refractivity (Wildman–Crippen MR) is 73.1 cm³/mol. The highest BCUT2D eigenvalue weighted by atomic mass is 19.1. The molecule has 3 rings (SSSR count). The van der Waals surface area contributed by atoms with Gasteiger partial charge in [0.05, 0.1) is 6.67 Å². The highest BCUT2D eigenvalue weighted by molar-refractivity contribution is 5.79. The van der Waals surface area contributed by atoms with Crippen molar-refractivity contribution in [2.24, 2.45) is 5.92 Å². The topological polar surface area (TPSA) is 49.3 Å². The van der Waals surface area contributed by atoms with Crippen molar-refractivity contribution in [3.8, 4) is 0 Å². The van der Waals surface area contributed by atoms with Crippen LogP contribution < -0.4 is 4.90 Å². The van der Waals surface area contributed by atoms with Crippen molar-refractivity contribution < 1.29 is 9.18 Å². The molecule has 2 saturated heterocycles. The van der Waals surface area contributed by atoms with E-state index < -0.39 is 0 Å². The van der Waals surface area contributed by atoms with Crippen LogP contribution in [0, 0.1) is 5.92 Å². The Morgan fingerprint density at radius 3 is 2.75 bits per heavy atom. The largest absolute Gasteiger partial charge is 0.356 e. The lowest BCUT2D eigenvalue weighted by molar-refractivity contribution is -0.130. The highest BCUT2D eigenvalue weighted by Gasteiger charge is 2.35.